The minimum atomic E-state index is 0.146. The molecule has 0 saturated heterocycles. The largest absolute Gasteiger partial charge is 0.366 e. The van der Waals surface area contributed by atoms with Gasteiger partial charge in [-0.15, -0.1) is 5.10 Å². The molecule has 3 rings (SSSR count). The molecule has 18 heavy (non-hydrogen) atoms. The summed E-state index contributed by atoms with van der Waals surface area (Å²) in [5, 5.41) is 13.2. The van der Waals surface area contributed by atoms with Gasteiger partial charge in [0.15, 0.2) is 5.82 Å². The Morgan fingerprint density at radius 1 is 1.39 bits per heavy atom. The lowest BCUT2D eigenvalue weighted by atomic mass is 10.1. The molecule has 2 aromatic heterocycles. The van der Waals surface area contributed by atoms with Crippen molar-refractivity contribution in [1.82, 2.24) is 19.7 Å². The molecule has 2 heterocycles. The first-order chi connectivity index (χ1) is 8.69. The van der Waals surface area contributed by atoms with Crippen LogP contribution in [-0.4, -0.2) is 19.7 Å². The lowest BCUT2D eigenvalue weighted by Crippen LogP contribution is -2.06. The number of anilines is 1. The standard InChI is InChI=1S/C11H9BrN6/c12-10-16-11(14)17-18(10)9-7(5-13)4-6-2-1-3-8(6)15-9/h4H,1-3H2,(H2,14,17). The van der Waals surface area contributed by atoms with E-state index in [9.17, 15) is 5.26 Å². The molecular weight excluding hydrogens is 296 g/mol. The molecule has 1 aliphatic carbocycles. The van der Waals surface area contributed by atoms with Crippen molar-refractivity contribution < 1.29 is 0 Å². The zero-order valence-corrected chi connectivity index (χ0v) is 11.0. The molecule has 0 bridgehead atoms. The summed E-state index contributed by atoms with van der Waals surface area (Å²) in [5.74, 6) is 0.627. The summed E-state index contributed by atoms with van der Waals surface area (Å²) in [6.45, 7) is 0. The van der Waals surface area contributed by atoms with Gasteiger partial charge in [-0.05, 0) is 46.8 Å². The lowest BCUT2D eigenvalue weighted by Gasteiger charge is -2.06. The predicted octanol–water partition coefficient (Wildman–Crippen LogP) is 1.37. The van der Waals surface area contributed by atoms with Crippen LogP contribution >= 0.6 is 15.9 Å². The molecule has 0 aromatic carbocycles. The van der Waals surface area contributed by atoms with Crippen molar-refractivity contribution in [2.75, 3.05) is 5.73 Å². The Bertz CT molecular complexity index is 669. The zero-order valence-electron chi connectivity index (χ0n) is 9.39. The molecule has 0 fully saturated rings. The maximum absolute atomic E-state index is 9.21. The third kappa shape index (κ3) is 1.66. The van der Waals surface area contributed by atoms with Crippen molar-refractivity contribution in [3.05, 3.63) is 27.6 Å². The first kappa shape index (κ1) is 11.2. The molecule has 0 saturated carbocycles. The van der Waals surface area contributed by atoms with Crippen molar-refractivity contribution >= 4 is 21.9 Å². The molecule has 0 radical (unpaired) electrons. The van der Waals surface area contributed by atoms with E-state index in [2.05, 4.69) is 37.1 Å². The Morgan fingerprint density at radius 3 is 2.89 bits per heavy atom. The Balaban J connectivity index is 2.23. The normalized spacial score (nSPS) is 13.3. The third-order valence-corrected chi connectivity index (χ3v) is 3.45. The number of aromatic nitrogens is 4. The van der Waals surface area contributed by atoms with Gasteiger partial charge in [0, 0.05) is 5.69 Å². The third-order valence-electron chi connectivity index (χ3n) is 2.94. The number of hydrogen-bond acceptors (Lipinski definition) is 5. The molecule has 1 aliphatic rings. The minimum absolute atomic E-state index is 0.146. The Hall–Kier alpha value is -1.94. The molecule has 6 nitrogen and oxygen atoms in total. The Kier molecular flexibility index (Phi) is 2.52. The number of aryl methyl sites for hydroxylation is 2. The average Bonchev–Trinajstić information content (AvgIpc) is 2.93. The molecule has 0 amide bonds. The molecular formula is C11H9BrN6. The summed E-state index contributed by atoms with van der Waals surface area (Å²) in [6.07, 6.45) is 3.01. The number of nitrogens with zero attached hydrogens (tertiary/aromatic N) is 5. The van der Waals surface area contributed by atoms with Crippen LogP contribution in [0.5, 0.6) is 0 Å². The van der Waals surface area contributed by atoms with Gasteiger partial charge in [0.05, 0.1) is 5.56 Å². The minimum Gasteiger partial charge on any atom is -0.366 e. The quantitative estimate of drug-likeness (QED) is 0.858. The Morgan fingerprint density at radius 2 is 2.22 bits per heavy atom. The number of rotatable bonds is 1. The number of pyridine rings is 1. The molecule has 0 aliphatic heterocycles. The number of nitriles is 1. The molecule has 0 unspecified atom stereocenters. The van der Waals surface area contributed by atoms with Crippen LogP contribution in [0.15, 0.2) is 10.8 Å². The van der Waals surface area contributed by atoms with Gasteiger partial charge in [-0.25, -0.2) is 4.98 Å². The average molecular weight is 305 g/mol. The first-order valence-electron chi connectivity index (χ1n) is 5.50. The van der Waals surface area contributed by atoms with Gasteiger partial charge in [0.25, 0.3) is 0 Å². The summed E-state index contributed by atoms with van der Waals surface area (Å²) in [7, 11) is 0. The lowest BCUT2D eigenvalue weighted by molar-refractivity contribution is 0.811. The molecule has 2 aromatic rings. The van der Waals surface area contributed by atoms with Gasteiger partial charge >= 0.3 is 0 Å². The fourth-order valence-electron chi connectivity index (χ4n) is 2.15. The maximum atomic E-state index is 9.21. The van der Waals surface area contributed by atoms with Gasteiger partial charge < -0.3 is 5.73 Å². The molecule has 90 valence electrons. The van der Waals surface area contributed by atoms with Crippen LogP contribution < -0.4 is 5.73 Å². The van der Waals surface area contributed by atoms with Crippen molar-refractivity contribution in [2.45, 2.75) is 19.3 Å². The van der Waals surface area contributed by atoms with Crippen molar-refractivity contribution in [3.8, 4) is 11.9 Å². The number of nitrogens with two attached hydrogens (primary N) is 1. The molecule has 0 atom stereocenters. The fourth-order valence-corrected chi connectivity index (χ4v) is 2.58. The van der Waals surface area contributed by atoms with Crippen LogP contribution in [0.3, 0.4) is 0 Å². The van der Waals surface area contributed by atoms with E-state index < -0.39 is 0 Å². The second-order valence-corrected chi connectivity index (χ2v) is 4.79. The van der Waals surface area contributed by atoms with Crippen LogP contribution in [0.25, 0.3) is 5.82 Å². The highest BCUT2D eigenvalue weighted by molar-refractivity contribution is 9.10. The van der Waals surface area contributed by atoms with Crippen LogP contribution in [-0.2, 0) is 12.8 Å². The number of hydrogen-bond donors (Lipinski definition) is 1. The van der Waals surface area contributed by atoms with E-state index in [1.807, 2.05) is 6.07 Å². The van der Waals surface area contributed by atoms with E-state index >= 15 is 0 Å². The number of fused-ring (bicyclic) bond motifs is 1. The predicted molar refractivity (Wildman–Crippen MR) is 68.0 cm³/mol. The molecule has 0 spiro atoms. The van der Waals surface area contributed by atoms with Crippen molar-refractivity contribution in [1.29, 1.82) is 5.26 Å². The maximum Gasteiger partial charge on any atom is 0.240 e. The summed E-state index contributed by atoms with van der Waals surface area (Å²) in [6, 6.07) is 4.03. The number of nitrogen functional groups attached to an aromatic ring is 1. The van der Waals surface area contributed by atoms with Gasteiger partial charge in [-0.1, -0.05) is 0 Å². The smallest absolute Gasteiger partial charge is 0.240 e. The fraction of sp³-hybridized carbons (Fsp3) is 0.273. The number of halogens is 1. The summed E-state index contributed by atoms with van der Waals surface area (Å²) in [5.41, 5.74) is 8.21. The van der Waals surface area contributed by atoms with Crippen LogP contribution in [0.2, 0.25) is 0 Å². The van der Waals surface area contributed by atoms with Crippen molar-refractivity contribution in [3.63, 3.8) is 0 Å². The molecule has 2 N–H and O–H groups in total. The van der Waals surface area contributed by atoms with E-state index in [1.165, 1.54) is 4.68 Å². The monoisotopic (exact) mass is 304 g/mol. The van der Waals surface area contributed by atoms with Crippen LogP contribution in [0.1, 0.15) is 23.2 Å². The van der Waals surface area contributed by atoms with Gasteiger partial charge in [0.2, 0.25) is 10.7 Å². The van der Waals surface area contributed by atoms with Crippen molar-refractivity contribution in [2.24, 2.45) is 0 Å². The van der Waals surface area contributed by atoms with E-state index in [-0.39, 0.29) is 5.95 Å². The zero-order chi connectivity index (χ0) is 12.7. The molecule has 7 heteroatoms. The SMILES string of the molecule is N#Cc1cc2c(nc1-n1nc(N)nc1Br)CCC2. The highest BCUT2D eigenvalue weighted by atomic mass is 79.9. The van der Waals surface area contributed by atoms with E-state index in [0.29, 0.717) is 16.1 Å². The summed E-state index contributed by atoms with van der Waals surface area (Å²) >= 11 is 3.26. The van der Waals surface area contributed by atoms with Gasteiger partial charge in [-0.2, -0.15) is 14.9 Å². The van der Waals surface area contributed by atoms with E-state index in [1.54, 1.807) is 0 Å². The second kappa shape index (κ2) is 4.07. The topological polar surface area (TPSA) is 93.4 Å². The van der Waals surface area contributed by atoms with Gasteiger partial charge in [0.1, 0.15) is 6.07 Å². The summed E-state index contributed by atoms with van der Waals surface area (Å²) < 4.78 is 1.90. The highest BCUT2D eigenvalue weighted by Gasteiger charge is 2.19. The highest BCUT2D eigenvalue weighted by Crippen LogP contribution is 2.25. The van der Waals surface area contributed by atoms with E-state index in [0.717, 1.165) is 30.5 Å². The summed E-state index contributed by atoms with van der Waals surface area (Å²) in [4.78, 5) is 8.47. The van der Waals surface area contributed by atoms with Crippen LogP contribution in [0.4, 0.5) is 5.95 Å². The van der Waals surface area contributed by atoms with Gasteiger partial charge in [-0.3, -0.25) is 0 Å². The first-order valence-corrected chi connectivity index (χ1v) is 6.29. The second-order valence-electron chi connectivity index (χ2n) is 4.08. The van der Waals surface area contributed by atoms with E-state index in [4.69, 9.17) is 5.73 Å². The van der Waals surface area contributed by atoms with Crippen LogP contribution in [0, 0.1) is 11.3 Å². The Labute approximate surface area is 112 Å².